The maximum atomic E-state index is 11.8. The molecule has 1 nitrogen and oxygen atoms in total. The van der Waals surface area contributed by atoms with Gasteiger partial charge in [0, 0.05) is 5.75 Å². The largest absolute Gasteiger partial charge is 0.573 e. The van der Waals surface area contributed by atoms with Crippen LogP contribution in [-0.2, 0) is 5.75 Å². The van der Waals surface area contributed by atoms with Crippen molar-refractivity contribution in [3.05, 3.63) is 29.8 Å². The lowest BCUT2D eigenvalue weighted by Crippen LogP contribution is -2.16. The van der Waals surface area contributed by atoms with Gasteiger partial charge in [0.1, 0.15) is 5.75 Å². The number of hydrogen-bond donors (Lipinski definition) is 1. The van der Waals surface area contributed by atoms with Crippen LogP contribution in [0.5, 0.6) is 5.75 Å². The fourth-order valence-electron chi connectivity index (χ4n) is 0.882. The molecule has 1 rings (SSSR count). The van der Waals surface area contributed by atoms with Crippen LogP contribution >= 0.6 is 32.3 Å². The van der Waals surface area contributed by atoms with Crippen molar-refractivity contribution in [1.29, 1.82) is 0 Å². The zero-order valence-electron chi connectivity index (χ0n) is 7.32. The molecule has 7 heteroatoms. The molecule has 0 fully saturated rings. The van der Waals surface area contributed by atoms with Crippen molar-refractivity contribution in [2.24, 2.45) is 0 Å². The summed E-state index contributed by atoms with van der Waals surface area (Å²) >= 11 is 3.93. The van der Waals surface area contributed by atoms with Crippen LogP contribution in [0.2, 0.25) is 0 Å². The van der Waals surface area contributed by atoms with E-state index in [1.54, 1.807) is 12.1 Å². The van der Waals surface area contributed by atoms with E-state index in [1.165, 1.54) is 32.8 Å². The van der Waals surface area contributed by atoms with Crippen LogP contribution in [-0.4, -0.2) is 6.36 Å². The third-order valence-electron chi connectivity index (χ3n) is 1.44. The van der Waals surface area contributed by atoms with Gasteiger partial charge in [0.25, 0.3) is 0 Å². The summed E-state index contributed by atoms with van der Waals surface area (Å²) in [5.41, 5.74) is 0.927. The highest BCUT2D eigenvalue weighted by atomic mass is 33.5. The van der Waals surface area contributed by atoms with Gasteiger partial charge in [0.2, 0.25) is 0 Å². The Balaban J connectivity index is 2.56. The molecular weight excluding hydrogens is 265 g/mol. The molecule has 0 aliphatic carbocycles. The van der Waals surface area contributed by atoms with Crippen LogP contribution in [0.3, 0.4) is 0 Å². The SMILES string of the molecule is FC(F)(F)Oc1ccc(CSSS)cc1. The minimum absolute atomic E-state index is 0.199. The summed E-state index contributed by atoms with van der Waals surface area (Å²) in [4.78, 5) is 0. The van der Waals surface area contributed by atoms with Crippen LogP contribution in [0.15, 0.2) is 24.3 Å². The molecule has 0 amide bonds. The van der Waals surface area contributed by atoms with Crippen molar-refractivity contribution in [3.8, 4) is 5.75 Å². The molecular formula is C8H7F3OS3. The minimum Gasteiger partial charge on any atom is -0.406 e. The molecule has 0 saturated carbocycles. The van der Waals surface area contributed by atoms with Crippen molar-refractivity contribution in [2.75, 3.05) is 0 Å². The first-order valence-electron chi connectivity index (χ1n) is 3.79. The molecule has 0 bridgehead atoms. The Morgan fingerprint density at radius 2 is 1.80 bits per heavy atom. The Bertz CT molecular complexity index is 299. The van der Waals surface area contributed by atoms with Crippen molar-refractivity contribution >= 4 is 32.3 Å². The van der Waals surface area contributed by atoms with Crippen LogP contribution in [0.1, 0.15) is 5.56 Å². The van der Waals surface area contributed by atoms with E-state index in [0.717, 1.165) is 5.56 Å². The second-order valence-corrected chi connectivity index (χ2v) is 5.70. The maximum Gasteiger partial charge on any atom is 0.573 e. The number of benzene rings is 1. The highest BCUT2D eigenvalue weighted by Gasteiger charge is 2.30. The van der Waals surface area contributed by atoms with Gasteiger partial charge in [-0.2, -0.15) is 0 Å². The zero-order valence-corrected chi connectivity index (χ0v) is 9.85. The standard InChI is InChI=1S/C8H7F3OS3/c9-8(10,11)12-7-3-1-6(2-4-7)5-14-15-13/h1-4,13H,5H2. The fraction of sp³-hybridized carbons (Fsp3) is 0.250. The van der Waals surface area contributed by atoms with Gasteiger partial charge in [0.05, 0.1) is 0 Å². The van der Waals surface area contributed by atoms with Gasteiger partial charge < -0.3 is 4.74 Å². The molecule has 1 aromatic carbocycles. The average Bonchev–Trinajstić information content (AvgIpc) is 2.14. The summed E-state index contributed by atoms with van der Waals surface area (Å²) in [7, 11) is 2.81. The average molecular weight is 272 g/mol. The summed E-state index contributed by atoms with van der Waals surface area (Å²) < 4.78 is 39.1. The predicted octanol–water partition coefficient (Wildman–Crippen LogP) is 4.31. The quantitative estimate of drug-likeness (QED) is 0.646. The number of hydrogen-bond acceptors (Lipinski definition) is 4. The van der Waals surface area contributed by atoms with E-state index in [2.05, 4.69) is 16.4 Å². The molecule has 0 radical (unpaired) electrons. The minimum atomic E-state index is -4.63. The van der Waals surface area contributed by atoms with Gasteiger partial charge >= 0.3 is 6.36 Å². The molecule has 0 heterocycles. The third-order valence-corrected chi connectivity index (χ3v) is 3.61. The first kappa shape index (κ1) is 12.9. The molecule has 84 valence electrons. The molecule has 0 spiro atoms. The predicted molar refractivity (Wildman–Crippen MR) is 61.0 cm³/mol. The Morgan fingerprint density at radius 3 is 2.27 bits per heavy atom. The molecule has 1 aromatic rings. The summed E-state index contributed by atoms with van der Waals surface area (Å²) in [5.74, 6) is 0.496. The molecule has 0 saturated heterocycles. The van der Waals surface area contributed by atoms with Crippen LogP contribution in [0.4, 0.5) is 13.2 Å². The molecule has 0 aliphatic heterocycles. The Hall–Kier alpha value is -0.140. The van der Waals surface area contributed by atoms with E-state index < -0.39 is 6.36 Å². The van der Waals surface area contributed by atoms with Gasteiger partial charge in [-0.05, 0) is 27.5 Å². The van der Waals surface area contributed by atoms with Gasteiger partial charge in [-0.25, -0.2) is 0 Å². The van der Waals surface area contributed by atoms with E-state index in [9.17, 15) is 13.2 Å². The molecule has 0 aliphatic rings. The first-order chi connectivity index (χ1) is 7.01. The Morgan fingerprint density at radius 1 is 1.20 bits per heavy atom. The lowest BCUT2D eigenvalue weighted by atomic mass is 10.2. The van der Waals surface area contributed by atoms with Crippen molar-refractivity contribution in [2.45, 2.75) is 12.1 Å². The molecule has 15 heavy (non-hydrogen) atoms. The summed E-state index contributed by atoms with van der Waals surface area (Å²) in [6, 6.07) is 5.79. The van der Waals surface area contributed by atoms with E-state index in [1.807, 2.05) is 0 Å². The summed E-state index contributed by atoms with van der Waals surface area (Å²) in [5, 5.41) is 0. The topological polar surface area (TPSA) is 9.23 Å². The Kier molecular flexibility index (Phi) is 5.01. The maximum absolute atomic E-state index is 11.8. The highest BCUT2D eigenvalue weighted by molar-refractivity contribution is 9.05. The van der Waals surface area contributed by atoms with Crippen molar-refractivity contribution in [1.82, 2.24) is 0 Å². The molecule has 0 aromatic heterocycles. The zero-order chi connectivity index (χ0) is 11.3. The van der Waals surface area contributed by atoms with E-state index in [4.69, 9.17) is 0 Å². The molecule has 0 atom stereocenters. The number of thiol groups is 1. The fourth-order valence-corrected chi connectivity index (χ4v) is 2.30. The first-order valence-corrected chi connectivity index (χ1v) is 7.16. The normalized spacial score (nSPS) is 11.5. The summed E-state index contributed by atoms with van der Waals surface area (Å²) in [6.07, 6.45) is -4.63. The van der Waals surface area contributed by atoms with Gasteiger partial charge in [-0.3, -0.25) is 0 Å². The van der Waals surface area contributed by atoms with Crippen molar-refractivity contribution < 1.29 is 17.9 Å². The lowest BCUT2D eigenvalue weighted by Gasteiger charge is -2.08. The molecule has 0 N–H and O–H groups in total. The van der Waals surface area contributed by atoms with E-state index >= 15 is 0 Å². The summed E-state index contributed by atoms with van der Waals surface area (Å²) in [6.45, 7) is 0. The third kappa shape index (κ3) is 5.48. The second kappa shape index (κ2) is 5.81. The van der Waals surface area contributed by atoms with Crippen LogP contribution in [0, 0.1) is 0 Å². The smallest absolute Gasteiger partial charge is 0.406 e. The van der Waals surface area contributed by atoms with E-state index in [-0.39, 0.29) is 5.75 Å². The van der Waals surface area contributed by atoms with Crippen molar-refractivity contribution in [3.63, 3.8) is 0 Å². The van der Waals surface area contributed by atoms with Crippen LogP contribution < -0.4 is 4.74 Å². The number of rotatable bonds is 4. The number of halogens is 3. The number of alkyl halides is 3. The number of ether oxygens (including phenoxy) is 1. The van der Waals surface area contributed by atoms with Gasteiger partial charge in [-0.15, -0.1) is 13.2 Å². The van der Waals surface area contributed by atoms with Gasteiger partial charge in [0.15, 0.2) is 0 Å². The Labute approximate surface area is 98.0 Å². The highest BCUT2D eigenvalue weighted by Crippen LogP contribution is 2.29. The van der Waals surface area contributed by atoms with E-state index in [0.29, 0.717) is 5.75 Å². The lowest BCUT2D eigenvalue weighted by molar-refractivity contribution is -0.274. The van der Waals surface area contributed by atoms with Crippen LogP contribution in [0.25, 0.3) is 0 Å². The molecule has 0 unspecified atom stereocenters. The van der Waals surface area contributed by atoms with Gasteiger partial charge in [-0.1, -0.05) is 34.6 Å². The second-order valence-electron chi connectivity index (χ2n) is 2.53. The monoisotopic (exact) mass is 272 g/mol.